The molecule has 1 saturated heterocycles. The van der Waals surface area contributed by atoms with E-state index >= 15 is 0 Å². The van der Waals surface area contributed by atoms with Crippen LogP contribution in [0.25, 0.3) is 0 Å². The predicted octanol–water partition coefficient (Wildman–Crippen LogP) is 7.03. The lowest BCUT2D eigenvalue weighted by atomic mass is 10.0. The van der Waals surface area contributed by atoms with E-state index in [1.54, 1.807) is 18.2 Å². The molecule has 0 radical (unpaired) electrons. The highest BCUT2D eigenvalue weighted by Crippen LogP contribution is 2.20. The molecule has 2 rings (SSSR count). The maximum atomic E-state index is 10.4. The predicted molar refractivity (Wildman–Crippen MR) is 177 cm³/mol. The number of aliphatic hydroxyl groups is 2. The number of carbonyl (C=O) groups is 1. The molecule has 0 unspecified atom stereocenters. The minimum Gasteiger partial charge on any atom is -0.392 e. The Morgan fingerprint density at radius 3 is 1.82 bits per heavy atom. The van der Waals surface area contributed by atoms with Crippen LogP contribution < -0.4 is 10.6 Å². The number of piperidine rings is 1. The maximum Gasteiger partial charge on any atom is 0.133 e. The SMILES string of the molecule is C/C=C/CO.C=CC.C=CCC.C=CCNC.CC.CC.O=CCN1CCC(Nc2ccccc2CO)CC1. The third-order valence-electron chi connectivity index (χ3n) is 4.45. The number of likely N-dealkylation sites (tertiary alicyclic amines) is 1. The van der Waals surface area contributed by atoms with Gasteiger partial charge >= 0.3 is 0 Å². The third-order valence-corrected chi connectivity index (χ3v) is 4.45. The van der Waals surface area contributed by atoms with Crippen molar-refractivity contribution < 1.29 is 15.0 Å². The van der Waals surface area contributed by atoms with E-state index < -0.39 is 0 Å². The molecule has 0 bridgehead atoms. The Bertz CT molecular complexity index is 641. The van der Waals surface area contributed by atoms with Gasteiger partial charge in [0.05, 0.1) is 19.8 Å². The van der Waals surface area contributed by atoms with Crippen LogP contribution in [0, 0.1) is 0 Å². The number of aliphatic hydroxyl groups excluding tert-OH is 2. The number of allylic oxidation sites excluding steroid dienone is 3. The number of anilines is 1. The van der Waals surface area contributed by atoms with Crippen molar-refractivity contribution in [3.63, 3.8) is 0 Å². The summed E-state index contributed by atoms with van der Waals surface area (Å²) in [6.07, 6.45) is 13.1. The zero-order valence-corrected chi connectivity index (χ0v) is 26.6. The summed E-state index contributed by atoms with van der Waals surface area (Å²) in [5.41, 5.74) is 1.96. The van der Waals surface area contributed by atoms with Gasteiger partial charge < -0.3 is 25.6 Å². The van der Waals surface area contributed by atoms with Crippen LogP contribution in [0.3, 0.4) is 0 Å². The summed E-state index contributed by atoms with van der Waals surface area (Å²) in [6.45, 7) is 27.7. The van der Waals surface area contributed by atoms with Gasteiger partial charge in [-0.2, -0.15) is 0 Å². The van der Waals surface area contributed by atoms with Crippen LogP contribution in [-0.4, -0.2) is 67.3 Å². The number of hydrogen-bond acceptors (Lipinski definition) is 6. The Hall–Kier alpha value is -2.51. The van der Waals surface area contributed by atoms with Gasteiger partial charge in [0.2, 0.25) is 0 Å². The Kier molecular flexibility index (Phi) is 54.0. The zero-order chi connectivity index (χ0) is 31.2. The number of nitrogens with zero attached hydrogens (tertiary/aromatic N) is 1. The second-order valence-electron chi connectivity index (χ2n) is 7.40. The molecule has 0 spiro atoms. The maximum absolute atomic E-state index is 10.4. The number of aldehydes is 1. The van der Waals surface area contributed by atoms with Gasteiger partial charge in [-0.05, 0) is 46.2 Å². The molecule has 0 atom stereocenters. The lowest BCUT2D eigenvalue weighted by molar-refractivity contribution is -0.109. The highest BCUT2D eigenvalue weighted by Gasteiger charge is 2.18. The summed E-state index contributed by atoms with van der Waals surface area (Å²) in [7, 11) is 1.89. The van der Waals surface area contributed by atoms with Crippen molar-refractivity contribution in [3.8, 4) is 0 Å². The largest absolute Gasteiger partial charge is 0.392 e. The molecule has 6 heteroatoms. The lowest BCUT2D eigenvalue weighted by Gasteiger charge is -2.32. The van der Waals surface area contributed by atoms with Crippen molar-refractivity contribution in [2.45, 2.75) is 80.4 Å². The topological polar surface area (TPSA) is 84.8 Å². The van der Waals surface area contributed by atoms with Gasteiger partial charge in [0, 0.05) is 36.9 Å². The van der Waals surface area contributed by atoms with Crippen LogP contribution >= 0.6 is 0 Å². The molecule has 4 N–H and O–H groups in total. The molecule has 1 fully saturated rings. The molecular weight excluding hydrogens is 486 g/mol. The second kappa shape index (κ2) is 45.4. The van der Waals surface area contributed by atoms with E-state index in [9.17, 15) is 9.90 Å². The first-order valence-corrected chi connectivity index (χ1v) is 14.3. The van der Waals surface area contributed by atoms with Crippen molar-refractivity contribution in [2.75, 3.05) is 45.2 Å². The minimum absolute atomic E-state index is 0.0627. The number of nitrogens with one attached hydrogen (secondary N) is 2. The molecule has 1 aliphatic rings. The smallest absolute Gasteiger partial charge is 0.133 e. The van der Waals surface area contributed by atoms with Crippen molar-refractivity contribution in [2.24, 2.45) is 0 Å². The van der Waals surface area contributed by atoms with E-state index in [1.807, 2.05) is 85.0 Å². The monoisotopic (exact) mass is 549 g/mol. The van der Waals surface area contributed by atoms with Gasteiger partial charge in [-0.1, -0.05) is 83.2 Å². The van der Waals surface area contributed by atoms with Crippen molar-refractivity contribution in [3.05, 3.63) is 79.9 Å². The van der Waals surface area contributed by atoms with Gasteiger partial charge in [-0.3, -0.25) is 4.90 Å². The first kappa shape index (κ1) is 46.3. The van der Waals surface area contributed by atoms with Gasteiger partial charge in [-0.15, -0.1) is 19.7 Å². The summed E-state index contributed by atoms with van der Waals surface area (Å²) in [6, 6.07) is 8.28. The molecule has 6 nitrogen and oxygen atoms in total. The van der Waals surface area contributed by atoms with Crippen LogP contribution in [0.2, 0.25) is 0 Å². The summed E-state index contributed by atoms with van der Waals surface area (Å²) in [4.78, 5) is 12.6. The summed E-state index contributed by atoms with van der Waals surface area (Å²) >= 11 is 0. The fourth-order valence-corrected chi connectivity index (χ4v) is 2.63. The highest BCUT2D eigenvalue weighted by atomic mass is 16.3. The molecule has 228 valence electrons. The Morgan fingerprint density at radius 2 is 1.51 bits per heavy atom. The Morgan fingerprint density at radius 1 is 1.00 bits per heavy atom. The van der Waals surface area contributed by atoms with Gasteiger partial charge in [0.1, 0.15) is 6.29 Å². The molecule has 0 amide bonds. The number of rotatable bonds is 9. The number of likely N-dealkylation sites (N-methyl/N-ethyl adjacent to an activating group) is 1. The minimum atomic E-state index is 0.0627. The fraction of sp³-hybridized carbons (Fsp3) is 0.545. The second-order valence-corrected chi connectivity index (χ2v) is 7.40. The molecule has 1 heterocycles. The molecule has 1 aromatic rings. The first-order valence-electron chi connectivity index (χ1n) is 14.3. The lowest BCUT2D eigenvalue weighted by Crippen LogP contribution is -2.39. The highest BCUT2D eigenvalue weighted by molar-refractivity contribution is 5.52. The summed E-state index contributed by atoms with van der Waals surface area (Å²) < 4.78 is 0. The zero-order valence-electron chi connectivity index (χ0n) is 26.6. The molecule has 39 heavy (non-hydrogen) atoms. The van der Waals surface area contributed by atoms with E-state index in [0.29, 0.717) is 12.6 Å². The molecule has 0 saturated carbocycles. The molecule has 0 aromatic heterocycles. The molecule has 1 aliphatic heterocycles. The standard InChI is InChI=1S/C14H20N2O2.C4H9N.C4H8O.C4H8.C3H6.2C2H6/c17-10-9-16-7-5-13(6-8-16)15-14-4-2-1-3-12(14)11-18;1-3-4-5-2;1-2-3-4-5;1-3-4-2;1-3-2;2*1-2/h1-4,10,13,15,18H,5-9,11H2;3,5H,1,4H2,2H3;2-3,5H,4H2,1H3;3H,1,4H2,2H3;3H,1H2,2H3;2*1-2H3/b;;3-2+;;;;. The summed E-state index contributed by atoms with van der Waals surface area (Å²) in [5, 5.41) is 23.6. The molecule has 0 aliphatic carbocycles. The van der Waals surface area contributed by atoms with E-state index in [4.69, 9.17) is 5.11 Å². The van der Waals surface area contributed by atoms with Crippen LogP contribution in [0.5, 0.6) is 0 Å². The average molecular weight is 550 g/mol. The number of carbonyl (C=O) groups excluding carboxylic acids is 1. The van der Waals surface area contributed by atoms with Crippen LogP contribution in [-0.2, 0) is 11.4 Å². The fourth-order valence-electron chi connectivity index (χ4n) is 2.63. The van der Waals surface area contributed by atoms with Gasteiger partial charge in [0.25, 0.3) is 0 Å². The van der Waals surface area contributed by atoms with E-state index in [1.165, 1.54) is 0 Å². The first-order chi connectivity index (χ1) is 19.0. The average Bonchev–Trinajstić information content (AvgIpc) is 2.99. The Balaban J connectivity index is -0.000000151. The normalized spacial score (nSPS) is 11.6. The quantitative estimate of drug-likeness (QED) is 0.195. The van der Waals surface area contributed by atoms with Gasteiger partial charge in [-0.25, -0.2) is 0 Å². The number of benzene rings is 1. The van der Waals surface area contributed by atoms with Crippen molar-refractivity contribution in [1.29, 1.82) is 0 Å². The number of para-hydroxylation sites is 1. The van der Waals surface area contributed by atoms with Crippen LogP contribution in [0.1, 0.15) is 73.3 Å². The molecular formula is C33H63N3O3. The third kappa shape index (κ3) is 37.7. The van der Waals surface area contributed by atoms with E-state index in [-0.39, 0.29) is 13.2 Å². The van der Waals surface area contributed by atoms with Crippen LogP contribution in [0.4, 0.5) is 5.69 Å². The van der Waals surface area contributed by atoms with Crippen molar-refractivity contribution >= 4 is 12.0 Å². The van der Waals surface area contributed by atoms with Gasteiger partial charge in [0.15, 0.2) is 0 Å². The number of hydrogen-bond donors (Lipinski definition) is 4. The Labute approximate surface area is 242 Å². The molecule has 1 aromatic carbocycles. The van der Waals surface area contributed by atoms with E-state index in [2.05, 4.69) is 42.2 Å². The summed E-state index contributed by atoms with van der Waals surface area (Å²) in [5.74, 6) is 0. The van der Waals surface area contributed by atoms with E-state index in [0.717, 1.165) is 56.4 Å². The van der Waals surface area contributed by atoms with Crippen LogP contribution in [0.15, 0.2) is 74.4 Å². The van der Waals surface area contributed by atoms with Crippen molar-refractivity contribution in [1.82, 2.24) is 10.2 Å².